The van der Waals surface area contributed by atoms with Gasteiger partial charge >= 0.3 is 0 Å². The zero-order valence-corrected chi connectivity index (χ0v) is 26.7. The number of nitrogens with zero attached hydrogens (tertiary/aromatic N) is 2. The fraction of sp³-hybridized carbons (Fsp3) is 0.0435. The van der Waals surface area contributed by atoms with Crippen molar-refractivity contribution in [1.29, 1.82) is 0 Å². The van der Waals surface area contributed by atoms with Crippen LogP contribution in [-0.4, -0.2) is 9.97 Å². The van der Waals surface area contributed by atoms with Gasteiger partial charge < -0.3 is 4.42 Å². The number of rotatable bonds is 4. The third kappa shape index (κ3) is 4.58. The molecule has 0 bridgehead atoms. The number of hydrogen-bond donors (Lipinski definition) is 0. The average molecular weight is 627 g/mol. The van der Waals surface area contributed by atoms with Crippen LogP contribution in [0.2, 0.25) is 0 Å². The van der Waals surface area contributed by atoms with Crippen molar-refractivity contribution in [2.45, 2.75) is 12.3 Å². The summed E-state index contributed by atoms with van der Waals surface area (Å²) in [5, 5.41) is 4.69. The minimum atomic E-state index is 0.144. The van der Waals surface area contributed by atoms with Crippen LogP contribution in [0.5, 0.6) is 0 Å². The lowest BCUT2D eigenvalue weighted by atomic mass is 9.77. The second kappa shape index (κ2) is 11.1. The van der Waals surface area contributed by atoms with Gasteiger partial charge in [-0.05, 0) is 63.7 Å². The largest absolute Gasteiger partial charge is 0.456 e. The van der Waals surface area contributed by atoms with Crippen molar-refractivity contribution >= 4 is 32.6 Å². The van der Waals surface area contributed by atoms with Crippen LogP contribution >= 0.6 is 0 Å². The van der Waals surface area contributed by atoms with E-state index in [9.17, 15) is 0 Å². The van der Waals surface area contributed by atoms with Crippen LogP contribution in [0, 0.1) is 0 Å². The van der Waals surface area contributed by atoms with Crippen LogP contribution in [0.25, 0.3) is 77.7 Å². The molecule has 7 aromatic carbocycles. The summed E-state index contributed by atoms with van der Waals surface area (Å²) in [6.45, 7) is 0. The normalized spacial score (nSPS) is 13.8. The third-order valence-corrected chi connectivity index (χ3v) is 10.1. The van der Waals surface area contributed by atoms with E-state index in [1.54, 1.807) is 0 Å². The van der Waals surface area contributed by atoms with Gasteiger partial charge in [-0.1, -0.05) is 140 Å². The van der Waals surface area contributed by atoms with Crippen molar-refractivity contribution < 1.29 is 4.42 Å². The highest BCUT2D eigenvalue weighted by Gasteiger charge is 2.31. The van der Waals surface area contributed by atoms with E-state index in [1.807, 2.05) is 24.3 Å². The van der Waals surface area contributed by atoms with E-state index < -0.39 is 0 Å². The van der Waals surface area contributed by atoms with Crippen LogP contribution in [0.1, 0.15) is 22.6 Å². The Bertz CT molecular complexity index is 2680. The Morgan fingerprint density at radius 1 is 0.510 bits per heavy atom. The summed E-state index contributed by atoms with van der Waals surface area (Å²) in [5.74, 6) is 1.83. The molecule has 0 fully saturated rings. The van der Waals surface area contributed by atoms with E-state index in [2.05, 4.69) is 140 Å². The molecule has 0 aliphatic heterocycles. The fourth-order valence-corrected chi connectivity index (χ4v) is 7.72. The molecule has 1 aliphatic carbocycles. The van der Waals surface area contributed by atoms with Crippen molar-refractivity contribution in [3.63, 3.8) is 0 Å². The first kappa shape index (κ1) is 27.8. The quantitative estimate of drug-likeness (QED) is 0.195. The number of fused-ring (bicyclic) bond motifs is 7. The van der Waals surface area contributed by atoms with E-state index in [-0.39, 0.29) is 5.92 Å². The molecule has 230 valence electrons. The molecular weight excluding hydrogens is 597 g/mol. The van der Waals surface area contributed by atoms with Gasteiger partial charge in [-0.15, -0.1) is 0 Å². The second-order valence-corrected chi connectivity index (χ2v) is 12.9. The first-order valence-electron chi connectivity index (χ1n) is 16.8. The summed E-state index contributed by atoms with van der Waals surface area (Å²) in [4.78, 5) is 10.1. The Kier molecular flexibility index (Phi) is 6.31. The van der Waals surface area contributed by atoms with Crippen molar-refractivity contribution in [1.82, 2.24) is 9.97 Å². The monoisotopic (exact) mass is 626 g/mol. The summed E-state index contributed by atoms with van der Waals surface area (Å²) in [6.07, 6.45) is 0.907. The predicted octanol–water partition coefficient (Wildman–Crippen LogP) is 11.9. The van der Waals surface area contributed by atoms with E-state index in [1.165, 1.54) is 44.2 Å². The number of para-hydroxylation sites is 1. The van der Waals surface area contributed by atoms with Crippen molar-refractivity contribution in [2.24, 2.45) is 0 Å². The molecule has 1 atom stereocenters. The SMILES string of the molecule is c1ccc(-c2nc(-c3ccc4oc5c(c4c3)C(c3ccc(-c4cccc6ccccc46)cc3)Cc3ccccc3-5)c3ccccc3n2)cc1. The predicted molar refractivity (Wildman–Crippen MR) is 201 cm³/mol. The molecular formula is C46H30N2O. The summed E-state index contributed by atoms with van der Waals surface area (Å²) < 4.78 is 6.75. The van der Waals surface area contributed by atoms with Crippen LogP contribution in [-0.2, 0) is 6.42 Å². The van der Waals surface area contributed by atoms with Crippen molar-refractivity contribution in [2.75, 3.05) is 0 Å². The van der Waals surface area contributed by atoms with E-state index in [0.29, 0.717) is 0 Å². The molecule has 3 heteroatoms. The molecule has 49 heavy (non-hydrogen) atoms. The van der Waals surface area contributed by atoms with Crippen LogP contribution in [0.15, 0.2) is 168 Å². The van der Waals surface area contributed by atoms with Crippen LogP contribution < -0.4 is 0 Å². The number of hydrogen-bond acceptors (Lipinski definition) is 3. The molecule has 0 amide bonds. The standard InChI is InChI=1S/C46H30N2O/c1-2-12-32(13-3-1)46-47-41-20-9-8-18-38(41)44(48-46)34-25-26-42-40(28-34)43-39(27-33-14-5-7-17-37(33)45(43)49-42)31-23-21-30(22-24-31)36-19-10-15-29-11-4-6-16-35(29)36/h1-26,28,39H,27H2. The molecule has 10 rings (SSSR count). The van der Waals surface area contributed by atoms with Gasteiger partial charge in [-0.25, -0.2) is 9.97 Å². The molecule has 0 N–H and O–H groups in total. The van der Waals surface area contributed by atoms with Crippen LogP contribution in [0.4, 0.5) is 0 Å². The fourth-order valence-electron chi connectivity index (χ4n) is 7.72. The lowest BCUT2D eigenvalue weighted by Gasteiger charge is -2.25. The third-order valence-electron chi connectivity index (χ3n) is 10.1. The highest BCUT2D eigenvalue weighted by atomic mass is 16.3. The molecule has 0 radical (unpaired) electrons. The van der Waals surface area contributed by atoms with Crippen LogP contribution in [0.3, 0.4) is 0 Å². The summed E-state index contributed by atoms with van der Waals surface area (Å²) in [5.41, 5.74) is 12.3. The van der Waals surface area contributed by atoms with E-state index in [4.69, 9.17) is 14.4 Å². The highest BCUT2D eigenvalue weighted by molar-refractivity contribution is 5.99. The lowest BCUT2D eigenvalue weighted by molar-refractivity contribution is 0.614. The van der Waals surface area contributed by atoms with E-state index >= 15 is 0 Å². The second-order valence-electron chi connectivity index (χ2n) is 12.9. The maximum atomic E-state index is 6.75. The maximum absolute atomic E-state index is 6.75. The zero-order chi connectivity index (χ0) is 32.3. The van der Waals surface area contributed by atoms with Gasteiger partial charge in [-0.2, -0.15) is 0 Å². The highest BCUT2D eigenvalue weighted by Crippen LogP contribution is 2.48. The Balaban J connectivity index is 1.14. The number of furan rings is 1. The molecule has 0 saturated carbocycles. The first-order chi connectivity index (χ1) is 24.3. The number of aromatic nitrogens is 2. The van der Waals surface area contributed by atoms with Gasteiger partial charge in [-0.3, -0.25) is 0 Å². The van der Waals surface area contributed by atoms with Gasteiger partial charge in [0.25, 0.3) is 0 Å². The van der Waals surface area contributed by atoms with Crippen molar-refractivity contribution in [3.05, 3.63) is 180 Å². The smallest absolute Gasteiger partial charge is 0.160 e. The summed E-state index contributed by atoms with van der Waals surface area (Å²) >= 11 is 0. The zero-order valence-electron chi connectivity index (χ0n) is 26.7. The molecule has 2 heterocycles. The Morgan fingerprint density at radius 2 is 1.22 bits per heavy atom. The van der Waals surface area contributed by atoms with E-state index in [0.717, 1.165) is 56.7 Å². The number of benzene rings is 7. The van der Waals surface area contributed by atoms with Gasteiger partial charge in [0.1, 0.15) is 11.3 Å². The molecule has 0 spiro atoms. The van der Waals surface area contributed by atoms with Gasteiger partial charge in [0.2, 0.25) is 0 Å². The summed E-state index contributed by atoms with van der Waals surface area (Å²) in [6, 6.07) is 58.1. The Labute approximate surface area is 284 Å². The maximum Gasteiger partial charge on any atom is 0.160 e. The summed E-state index contributed by atoms with van der Waals surface area (Å²) in [7, 11) is 0. The minimum absolute atomic E-state index is 0.144. The van der Waals surface area contributed by atoms with Gasteiger partial charge in [0, 0.05) is 38.9 Å². The Morgan fingerprint density at radius 3 is 2.12 bits per heavy atom. The van der Waals surface area contributed by atoms with Crippen molar-refractivity contribution in [3.8, 4) is 45.1 Å². The molecule has 0 saturated heterocycles. The molecule has 3 nitrogen and oxygen atoms in total. The first-order valence-corrected chi connectivity index (χ1v) is 16.8. The lowest BCUT2D eigenvalue weighted by Crippen LogP contribution is -2.11. The average Bonchev–Trinajstić information content (AvgIpc) is 3.57. The van der Waals surface area contributed by atoms with Gasteiger partial charge in [0.15, 0.2) is 5.82 Å². The van der Waals surface area contributed by atoms with Gasteiger partial charge in [0.05, 0.1) is 11.2 Å². The molecule has 9 aromatic rings. The molecule has 1 unspecified atom stereocenters. The Hall–Kier alpha value is -6.32. The minimum Gasteiger partial charge on any atom is -0.456 e. The topological polar surface area (TPSA) is 38.9 Å². The molecule has 2 aromatic heterocycles. The molecule has 1 aliphatic rings.